The molecule has 0 bridgehead atoms. The number of benzene rings is 2. The van der Waals surface area contributed by atoms with Crippen LogP contribution in [-0.4, -0.2) is 66.1 Å². The molecule has 1 fully saturated rings. The number of aromatic hydroxyl groups is 1. The summed E-state index contributed by atoms with van der Waals surface area (Å²) in [6.45, 7) is 7.03. The number of fused-ring (bicyclic) bond motifs is 1. The number of morpholine rings is 1. The van der Waals surface area contributed by atoms with Gasteiger partial charge < -0.3 is 24.8 Å². The summed E-state index contributed by atoms with van der Waals surface area (Å²) in [7, 11) is -3.64. The molecule has 2 aromatic heterocycles. The molecule has 12 heteroatoms. The van der Waals surface area contributed by atoms with Crippen LogP contribution >= 0.6 is 11.6 Å². The third-order valence-electron chi connectivity index (χ3n) is 7.76. The molecule has 0 saturated carbocycles. The van der Waals surface area contributed by atoms with Crippen LogP contribution in [0.3, 0.4) is 0 Å². The van der Waals surface area contributed by atoms with Crippen LogP contribution in [0, 0.1) is 0 Å². The zero-order valence-corrected chi connectivity index (χ0v) is 26.8. The zero-order valence-electron chi connectivity index (χ0n) is 25.3. The van der Waals surface area contributed by atoms with Gasteiger partial charge in [-0.05, 0) is 37.6 Å². The van der Waals surface area contributed by atoms with Gasteiger partial charge in [0.15, 0.2) is 0 Å². The minimum Gasteiger partial charge on any atom is -0.506 e. The predicted octanol–water partition coefficient (Wildman–Crippen LogP) is 6.97. The fourth-order valence-electron chi connectivity index (χ4n) is 5.32. The second kappa shape index (κ2) is 14.5. The third-order valence-corrected chi connectivity index (χ3v) is 9.66. The van der Waals surface area contributed by atoms with E-state index in [4.69, 9.17) is 21.1 Å². The Morgan fingerprint density at radius 1 is 1.05 bits per heavy atom. The van der Waals surface area contributed by atoms with Crippen molar-refractivity contribution >= 4 is 49.9 Å². The summed E-state index contributed by atoms with van der Waals surface area (Å²) >= 11 is 6.59. The summed E-state index contributed by atoms with van der Waals surface area (Å²) in [6, 6.07) is 10.8. The van der Waals surface area contributed by atoms with Gasteiger partial charge in [0.1, 0.15) is 11.5 Å². The second-order valence-corrected chi connectivity index (χ2v) is 13.4. The van der Waals surface area contributed by atoms with Gasteiger partial charge in [0.05, 0.1) is 53.7 Å². The highest BCUT2D eigenvalue weighted by Crippen LogP contribution is 2.37. The van der Waals surface area contributed by atoms with E-state index in [1.54, 1.807) is 25.3 Å². The Morgan fingerprint density at radius 3 is 2.57 bits per heavy atom. The molecule has 0 amide bonds. The molecule has 2 aromatic carbocycles. The molecule has 1 aliphatic rings. The van der Waals surface area contributed by atoms with Crippen LogP contribution in [0.15, 0.2) is 48.8 Å². The molecule has 1 aliphatic heterocycles. The van der Waals surface area contributed by atoms with Crippen molar-refractivity contribution in [2.24, 2.45) is 0 Å². The fraction of sp³-hybridized carbons (Fsp3) is 0.438. The van der Waals surface area contributed by atoms with Crippen LogP contribution in [0.1, 0.15) is 52.4 Å². The predicted molar refractivity (Wildman–Crippen MR) is 176 cm³/mol. The van der Waals surface area contributed by atoms with E-state index >= 15 is 0 Å². The molecule has 10 nitrogen and oxygen atoms in total. The van der Waals surface area contributed by atoms with Gasteiger partial charge in [-0.1, -0.05) is 50.6 Å². The highest BCUT2D eigenvalue weighted by molar-refractivity contribution is 7.90. The number of hydrogen-bond acceptors (Lipinski definition) is 9. The van der Waals surface area contributed by atoms with E-state index in [2.05, 4.69) is 27.1 Å². The van der Waals surface area contributed by atoms with Gasteiger partial charge in [-0.3, -0.25) is 0 Å². The first-order valence-electron chi connectivity index (χ1n) is 15.3. The Labute approximate surface area is 264 Å². The smallest absolute Gasteiger partial charge is 0.238 e. The molecular weight excluding hydrogens is 602 g/mol. The molecule has 5 rings (SSSR count). The zero-order chi connectivity index (χ0) is 31.1. The van der Waals surface area contributed by atoms with Crippen LogP contribution in [0.4, 0.5) is 17.3 Å². The Bertz CT molecular complexity index is 1690. The number of anilines is 3. The number of ether oxygens (including phenoxy) is 2. The summed E-state index contributed by atoms with van der Waals surface area (Å²) in [5, 5.41) is 14.8. The number of rotatable bonds is 14. The lowest BCUT2D eigenvalue weighted by atomic mass is 10.1. The van der Waals surface area contributed by atoms with E-state index < -0.39 is 10.0 Å². The van der Waals surface area contributed by atoms with Gasteiger partial charge in [-0.2, -0.15) is 0 Å². The highest BCUT2D eigenvalue weighted by atomic mass is 35.5. The van der Waals surface area contributed by atoms with Crippen molar-refractivity contribution in [1.82, 2.24) is 13.9 Å². The van der Waals surface area contributed by atoms with E-state index in [9.17, 15) is 13.5 Å². The molecule has 44 heavy (non-hydrogen) atoms. The van der Waals surface area contributed by atoms with E-state index in [0.717, 1.165) is 18.5 Å². The maximum Gasteiger partial charge on any atom is 0.238 e. The van der Waals surface area contributed by atoms with E-state index in [1.165, 1.54) is 35.9 Å². The molecule has 0 atom stereocenters. The average Bonchev–Trinajstić information content (AvgIpc) is 3.42. The van der Waals surface area contributed by atoms with Crippen molar-refractivity contribution in [3.8, 4) is 22.8 Å². The van der Waals surface area contributed by atoms with Crippen molar-refractivity contribution in [3.63, 3.8) is 0 Å². The molecular formula is C32H40ClN5O5S. The van der Waals surface area contributed by atoms with Gasteiger partial charge in [0.25, 0.3) is 0 Å². The standard InChI is InChI=1S/C32H40ClN5O5S/c1-3-5-6-7-8-9-16-43-24-11-12-25-26(22-38(29(25)20-24)44(40,41)4-2)31-27(33)21-34-32(36-31)35-23-10-13-28(30(39)19-23)37-14-17-42-18-15-37/h10-13,19-22,39H,3-9,14-18H2,1-2H3,(H,34,35,36). The summed E-state index contributed by atoms with van der Waals surface area (Å²) in [4.78, 5) is 11.1. The molecule has 0 unspecified atom stereocenters. The number of hydrogen-bond donors (Lipinski definition) is 2. The van der Waals surface area contributed by atoms with Crippen LogP contribution in [0.25, 0.3) is 22.2 Å². The molecule has 0 spiro atoms. The van der Waals surface area contributed by atoms with Crippen molar-refractivity contribution in [1.29, 1.82) is 0 Å². The van der Waals surface area contributed by atoms with Crippen LogP contribution in [-0.2, 0) is 14.8 Å². The first-order chi connectivity index (χ1) is 21.3. The Hall–Kier alpha value is -3.54. The topological polar surface area (TPSA) is 119 Å². The number of nitrogens with one attached hydrogen (secondary N) is 1. The van der Waals surface area contributed by atoms with Crippen molar-refractivity contribution in [3.05, 3.63) is 53.8 Å². The number of aromatic nitrogens is 3. The summed E-state index contributed by atoms with van der Waals surface area (Å²) in [6.07, 6.45) is 9.97. The number of phenols is 1. The van der Waals surface area contributed by atoms with Gasteiger partial charge in [-0.25, -0.2) is 22.4 Å². The van der Waals surface area contributed by atoms with Gasteiger partial charge >= 0.3 is 0 Å². The molecule has 236 valence electrons. The minimum absolute atomic E-state index is 0.0761. The highest BCUT2D eigenvalue weighted by Gasteiger charge is 2.22. The normalized spacial score (nSPS) is 13.8. The lowest BCUT2D eigenvalue weighted by molar-refractivity contribution is 0.122. The maximum atomic E-state index is 13.1. The summed E-state index contributed by atoms with van der Waals surface area (Å²) in [5.41, 5.74) is 2.76. The number of phenolic OH excluding ortho intramolecular Hbond substituents is 1. The first-order valence-corrected chi connectivity index (χ1v) is 17.3. The fourth-order valence-corrected chi connectivity index (χ4v) is 6.50. The summed E-state index contributed by atoms with van der Waals surface area (Å²) < 4.78 is 39.0. The van der Waals surface area contributed by atoms with E-state index in [0.29, 0.717) is 66.5 Å². The first kappa shape index (κ1) is 31.9. The van der Waals surface area contributed by atoms with E-state index in [-0.39, 0.29) is 22.5 Å². The van der Waals surface area contributed by atoms with Crippen LogP contribution in [0.2, 0.25) is 5.02 Å². The van der Waals surface area contributed by atoms with Crippen molar-refractivity contribution in [2.45, 2.75) is 52.4 Å². The van der Waals surface area contributed by atoms with Gasteiger partial charge in [0.2, 0.25) is 16.0 Å². The molecule has 3 heterocycles. The Balaban J connectivity index is 1.40. The van der Waals surface area contributed by atoms with Crippen LogP contribution in [0.5, 0.6) is 11.5 Å². The monoisotopic (exact) mass is 641 g/mol. The Morgan fingerprint density at radius 2 is 1.82 bits per heavy atom. The maximum absolute atomic E-state index is 13.1. The lowest BCUT2D eigenvalue weighted by Gasteiger charge is -2.29. The molecule has 1 saturated heterocycles. The largest absolute Gasteiger partial charge is 0.506 e. The SMILES string of the molecule is CCCCCCCCOc1ccc2c(-c3nc(Nc4ccc(N5CCOCC5)c(O)c4)ncc3Cl)cn(S(=O)(=O)CC)c2c1. The Kier molecular flexibility index (Phi) is 10.5. The number of unbranched alkanes of at least 4 members (excludes halogenated alkanes) is 5. The quantitative estimate of drug-likeness (QED) is 0.141. The summed E-state index contributed by atoms with van der Waals surface area (Å²) in [5.74, 6) is 0.919. The number of halogens is 1. The van der Waals surface area contributed by atoms with Crippen LogP contribution < -0.4 is 15.0 Å². The van der Waals surface area contributed by atoms with Crippen molar-refractivity contribution in [2.75, 3.05) is 48.9 Å². The van der Waals surface area contributed by atoms with Crippen molar-refractivity contribution < 1.29 is 23.0 Å². The van der Waals surface area contributed by atoms with E-state index in [1.807, 2.05) is 24.3 Å². The lowest BCUT2D eigenvalue weighted by Crippen LogP contribution is -2.36. The second-order valence-electron chi connectivity index (χ2n) is 10.9. The molecule has 2 N–H and O–H groups in total. The average molecular weight is 642 g/mol. The third kappa shape index (κ3) is 7.39. The molecule has 0 aliphatic carbocycles. The van der Waals surface area contributed by atoms with Gasteiger partial charge in [-0.15, -0.1) is 0 Å². The number of nitrogens with zero attached hydrogens (tertiary/aromatic N) is 4. The molecule has 4 aromatic rings. The molecule has 0 radical (unpaired) electrons. The minimum atomic E-state index is -3.64. The van der Waals surface area contributed by atoms with Gasteiger partial charge in [0, 0.05) is 48.1 Å².